The Labute approximate surface area is 205 Å². The average Bonchev–Trinajstić information content (AvgIpc) is 3.65. The van der Waals surface area contributed by atoms with Crippen LogP contribution in [-0.2, 0) is 11.3 Å². The lowest BCUT2D eigenvalue weighted by Gasteiger charge is -2.33. The smallest absolute Gasteiger partial charge is 0.254 e. The molecule has 10 heteroatoms. The first kappa shape index (κ1) is 21.5. The van der Waals surface area contributed by atoms with Gasteiger partial charge in [0.1, 0.15) is 5.69 Å². The summed E-state index contributed by atoms with van der Waals surface area (Å²) in [5, 5.41) is 14.0. The summed E-state index contributed by atoms with van der Waals surface area (Å²) < 4.78 is 7.55. The van der Waals surface area contributed by atoms with E-state index in [-0.39, 0.29) is 11.9 Å². The molecule has 0 bridgehead atoms. The molecular formula is C24H24N6O2S2. The molecule has 0 aliphatic carbocycles. The minimum Gasteiger partial charge on any atom is -0.378 e. The maximum atomic E-state index is 13.3. The van der Waals surface area contributed by atoms with Crippen LogP contribution in [0.3, 0.4) is 0 Å². The Kier molecular flexibility index (Phi) is 5.64. The Bertz CT molecular complexity index is 1290. The van der Waals surface area contributed by atoms with Gasteiger partial charge in [0, 0.05) is 42.0 Å². The zero-order chi connectivity index (χ0) is 23.1. The van der Waals surface area contributed by atoms with Crippen LogP contribution in [0.1, 0.15) is 29.1 Å². The van der Waals surface area contributed by atoms with E-state index in [1.807, 2.05) is 47.5 Å². The van der Waals surface area contributed by atoms with Crippen molar-refractivity contribution in [3.05, 3.63) is 58.5 Å². The van der Waals surface area contributed by atoms with Gasteiger partial charge >= 0.3 is 0 Å². The number of thiophene rings is 1. The van der Waals surface area contributed by atoms with Crippen molar-refractivity contribution in [2.24, 2.45) is 0 Å². The summed E-state index contributed by atoms with van der Waals surface area (Å²) in [6.07, 6.45) is 0. The van der Waals surface area contributed by atoms with Crippen molar-refractivity contribution in [3.63, 3.8) is 0 Å². The Morgan fingerprint density at radius 2 is 1.85 bits per heavy atom. The third-order valence-corrected chi connectivity index (χ3v) is 8.21. The number of rotatable bonds is 4. The van der Waals surface area contributed by atoms with Crippen LogP contribution in [0, 0.1) is 0 Å². The maximum absolute atomic E-state index is 13.3. The second kappa shape index (κ2) is 8.94. The molecule has 8 nitrogen and oxygen atoms in total. The van der Waals surface area contributed by atoms with Crippen LogP contribution in [0.2, 0.25) is 0 Å². The largest absolute Gasteiger partial charge is 0.378 e. The summed E-state index contributed by atoms with van der Waals surface area (Å²) in [6, 6.07) is 11.8. The van der Waals surface area contributed by atoms with Gasteiger partial charge in [0.15, 0.2) is 16.8 Å². The van der Waals surface area contributed by atoms with E-state index in [4.69, 9.17) is 9.72 Å². The fourth-order valence-electron chi connectivity index (χ4n) is 4.50. The zero-order valence-corrected chi connectivity index (χ0v) is 20.4. The summed E-state index contributed by atoms with van der Waals surface area (Å²) in [4.78, 5) is 23.5. The highest BCUT2D eigenvalue weighted by Gasteiger charge is 2.32. The molecule has 1 amide bonds. The van der Waals surface area contributed by atoms with E-state index in [0.29, 0.717) is 18.7 Å². The van der Waals surface area contributed by atoms with Crippen LogP contribution < -0.4 is 4.90 Å². The minimum absolute atomic E-state index is 0.0179. The summed E-state index contributed by atoms with van der Waals surface area (Å²) in [5.74, 6) is 1.58. The number of benzene rings is 1. The number of nitrogens with zero attached hydrogens (tertiary/aromatic N) is 6. The SMILES string of the molecule is C[C@H]1c2nnc(-c3csc(N4CCOCC4)n3)n2CCN1C(=O)c1ccc(-c2cccs2)cc1. The monoisotopic (exact) mass is 492 g/mol. The predicted molar refractivity (Wildman–Crippen MR) is 133 cm³/mol. The third kappa shape index (κ3) is 3.81. The number of aromatic nitrogens is 4. The van der Waals surface area contributed by atoms with Gasteiger partial charge in [-0.3, -0.25) is 4.79 Å². The molecule has 2 aliphatic rings. The van der Waals surface area contributed by atoms with Crippen LogP contribution in [-0.4, -0.2) is 63.4 Å². The van der Waals surface area contributed by atoms with Gasteiger partial charge < -0.3 is 19.1 Å². The van der Waals surface area contributed by atoms with Gasteiger partial charge in [0.2, 0.25) is 0 Å². The number of fused-ring (bicyclic) bond motifs is 1. The van der Waals surface area contributed by atoms with Crippen LogP contribution >= 0.6 is 22.7 Å². The molecule has 3 aromatic heterocycles. The number of ether oxygens (including phenoxy) is 1. The molecule has 174 valence electrons. The molecule has 4 aromatic rings. The van der Waals surface area contributed by atoms with Gasteiger partial charge in [-0.1, -0.05) is 18.2 Å². The number of thiazole rings is 1. The average molecular weight is 493 g/mol. The Morgan fingerprint density at radius 3 is 2.62 bits per heavy atom. The standard InChI is InChI=1S/C24H24N6O2S2/c1-16-21-26-27-22(19-15-34-24(25-19)28-10-12-32-13-11-28)30(21)9-8-29(16)23(31)18-6-4-17(5-7-18)20-3-2-14-33-20/h2-7,14-16H,8-13H2,1H3/t16-/m0/s1. The Hall–Kier alpha value is -3.08. The van der Waals surface area contributed by atoms with Gasteiger partial charge in [0.25, 0.3) is 5.91 Å². The fraction of sp³-hybridized carbons (Fsp3) is 0.333. The normalized spacial score (nSPS) is 18.2. The van der Waals surface area contributed by atoms with Gasteiger partial charge in [-0.2, -0.15) is 0 Å². The van der Waals surface area contributed by atoms with E-state index in [0.717, 1.165) is 54.3 Å². The zero-order valence-electron chi connectivity index (χ0n) is 18.8. The fourth-order valence-corrected chi connectivity index (χ4v) is 6.10. The molecule has 0 N–H and O–H groups in total. The first-order valence-electron chi connectivity index (χ1n) is 11.4. The Morgan fingerprint density at radius 1 is 1.03 bits per heavy atom. The highest BCUT2D eigenvalue weighted by atomic mass is 32.1. The lowest BCUT2D eigenvalue weighted by atomic mass is 10.1. The molecule has 0 radical (unpaired) electrons. The summed E-state index contributed by atoms with van der Waals surface area (Å²) >= 11 is 3.32. The first-order chi connectivity index (χ1) is 16.7. The molecular weight excluding hydrogens is 468 g/mol. The molecule has 1 atom stereocenters. The van der Waals surface area contributed by atoms with Crippen molar-refractivity contribution in [3.8, 4) is 22.0 Å². The molecule has 34 heavy (non-hydrogen) atoms. The van der Waals surface area contributed by atoms with Crippen LogP contribution in [0.25, 0.3) is 22.0 Å². The summed E-state index contributed by atoms with van der Waals surface area (Å²) in [7, 11) is 0. The summed E-state index contributed by atoms with van der Waals surface area (Å²) in [5.41, 5.74) is 2.65. The molecule has 0 saturated carbocycles. The molecule has 5 heterocycles. The number of amides is 1. The van der Waals surface area contributed by atoms with Gasteiger partial charge in [0.05, 0.1) is 19.3 Å². The predicted octanol–water partition coefficient (Wildman–Crippen LogP) is 4.18. The van der Waals surface area contributed by atoms with Gasteiger partial charge in [-0.15, -0.1) is 32.9 Å². The number of anilines is 1. The van der Waals surface area contributed by atoms with Crippen molar-refractivity contribution >= 4 is 33.7 Å². The molecule has 6 rings (SSSR count). The molecule has 2 aliphatic heterocycles. The Balaban J connectivity index is 1.21. The second-order valence-corrected chi connectivity index (χ2v) is 10.2. The number of morpholine rings is 1. The molecule has 1 fully saturated rings. The lowest BCUT2D eigenvalue weighted by Crippen LogP contribution is -2.41. The van der Waals surface area contributed by atoms with Crippen LogP contribution in [0.15, 0.2) is 47.2 Å². The van der Waals surface area contributed by atoms with Crippen LogP contribution in [0.5, 0.6) is 0 Å². The van der Waals surface area contributed by atoms with E-state index < -0.39 is 0 Å². The summed E-state index contributed by atoms with van der Waals surface area (Å²) in [6.45, 7) is 6.43. The van der Waals surface area contributed by atoms with Crippen molar-refractivity contribution in [1.29, 1.82) is 0 Å². The van der Waals surface area contributed by atoms with E-state index in [2.05, 4.69) is 31.1 Å². The van der Waals surface area contributed by atoms with Crippen molar-refractivity contribution < 1.29 is 9.53 Å². The maximum Gasteiger partial charge on any atom is 0.254 e. The second-order valence-electron chi connectivity index (χ2n) is 8.38. The van der Waals surface area contributed by atoms with Crippen LogP contribution in [0.4, 0.5) is 5.13 Å². The molecule has 0 spiro atoms. The highest BCUT2D eigenvalue weighted by molar-refractivity contribution is 7.14. The molecule has 1 saturated heterocycles. The van der Waals surface area contributed by atoms with Gasteiger partial charge in [-0.05, 0) is 36.1 Å². The number of carbonyl (C=O) groups excluding carboxylic acids is 1. The highest BCUT2D eigenvalue weighted by Crippen LogP contribution is 2.32. The third-order valence-electron chi connectivity index (χ3n) is 6.39. The first-order valence-corrected chi connectivity index (χ1v) is 13.1. The topological polar surface area (TPSA) is 76.4 Å². The minimum atomic E-state index is -0.170. The van der Waals surface area contributed by atoms with E-state index in [1.165, 1.54) is 4.88 Å². The van der Waals surface area contributed by atoms with Crippen molar-refractivity contribution in [2.75, 3.05) is 37.7 Å². The number of hydrogen-bond acceptors (Lipinski definition) is 8. The van der Waals surface area contributed by atoms with E-state index >= 15 is 0 Å². The number of hydrogen-bond donors (Lipinski definition) is 0. The molecule has 1 aromatic carbocycles. The lowest BCUT2D eigenvalue weighted by molar-refractivity contribution is 0.0638. The van der Waals surface area contributed by atoms with Crippen molar-refractivity contribution in [1.82, 2.24) is 24.6 Å². The number of carbonyl (C=O) groups is 1. The van der Waals surface area contributed by atoms with E-state index in [1.54, 1.807) is 22.7 Å². The molecule has 0 unspecified atom stereocenters. The van der Waals surface area contributed by atoms with Crippen molar-refractivity contribution in [2.45, 2.75) is 19.5 Å². The van der Waals surface area contributed by atoms with Gasteiger partial charge in [-0.25, -0.2) is 4.98 Å². The quantitative estimate of drug-likeness (QED) is 0.425. The van der Waals surface area contributed by atoms with E-state index in [9.17, 15) is 4.79 Å².